The Balaban J connectivity index is 1.62. The fourth-order valence-corrected chi connectivity index (χ4v) is 3.40. The predicted molar refractivity (Wildman–Crippen MR) is 101 cm³/mol. The molecule has 1 amide bonds. The van der Waals surface area contributed by atoms with Crippen molar-refractivity contribution in [2.24, 2.45) is 10.2 Å². The zero-order valence-electron chi connectivity index (χ0n) is 17.4. The van der Waals surface area contributed by atoms with E-state index in [-0.39, 0.29) is 25.0 Å². The lowest BCUT2D eigenvalue weighted by atomic mass is 9.98. The molecule has 0 bridgehead atoms. The summed E-state index contributed by atoms with van der Waals surface area (Å²) in [5.41, 5.74) is -2.59. The molecular weight excluding hydrogens is 419 g/mol. The molecule has 1 N–H and O–H groups in total. The summed E-state index contributed by atoms with van der Waals surface area (Å²) in [6, 6.07) is 4.39. The number of carbonyl (C=O) groups is 2. The highest BCUT2D eigenvalue weighted by Crippen LogP contribution is 2.52. The predicted octanol–water partition coefficient (Wildman–Crippen LogP) is 2.65. The molecule has 2 unspecified atom stereocenters. The number of benzene rings is 1. The largest absolute Gasteiger partial charge is 0.467 e. The normalized spacial score (nSPS) is 22.5. The zero-order valence-corrected chi connectivity index (χ0v) is 17.4. The van der Waals surface area contributed by atoms with Gasteiger partial charge in [0.1, 0.15) is 6.04 Å². The zero-order chi connectivity index (χ0) is 22.9. The summed E-state index contributed by atoms with van der Waals surface area (Å²) in [6.07, 6.45) is -5.03. The Hall–Kier alpha value is -2.53. The topological polar surface area (TPSA) is 98.6 Å². The average molecular weight is 443 g/mol. The van der Waals surface area contributed by atoms with Crippen LogP contribution in [0.5, 0.6) is 0 Å². The molecule has 2 heterocycles. The number of hydrogen-bond acceptors (Lipinski definition) is 7. The van der Waals surface area contributed by atoms with E-state index in [4.69, 9.17) is 14.2 Å². The second-order valence-electron chi connectivity index (χ2n) is 8.13. The van der Waals surface area contributed by atoms with Crippen LogP contribution in [0.3, 0.4) is 0 Å². The van der Waals surface area contributed by atoms with Gasteiger partial charge in [0.05, 0.1) is 38.4 Å². The number of amides is 1. The molecule has 1 aromatic carbocycles. The smallest absolute Gasteiger partial charge is 0.442 e. The van der Waals surface area contributed by atoms with Crippen LogP contribution < -0.4 is 5.32 Å². The van der Waals surface area contributed by atoms with Crippen molar-refractivity contribution in [2.75, 3.05) is 20.3 Å². The third-order valence-electron chi connectivity index (χ3n) is 4.96. The van der Waals surface area contributed by atoms with Crippen LogP contribution in [0.1, 0.15) is 31.4 Å². The summed E-state index contributed by atoms with van der Waals surface area (Å²) >= 11 is 0. The third-order valence-corrected chi connectivity index (χ3v) is 4.96. The number of alkyl halides is 3. The Kier molecular flexibility index (Phi) is 6.38. The number of methoxy groups -OCH3 is 1. The van der Waals surface area contributed by atoms with E-state index in [1.807, 2.05) is 13.8 Å². The van der Waals surface area contributed by atoms with Crippen LogP contribution in [-0.2, 0) is 35.9 Å². The molecule has 1 fully saturated rings. The van der Waals surface area contributed by atoms with Gasteiger partial charge in [-0.2, -0.15) is 13.2 Å². The first-order valence-electron chi connectivity index (χ1n) is 9.69. The van der Waals surface area contributed by atoms with Crippen LogP contribution in [0.25, 0.3) is 0 Å². The lowest BCUT2D eigenvalue weighted by Crippen LogP contribution is -2.48. The van der Waals surface area contributed by atoms with E-state index in [0.29, 0.717) is 12.2 Å². The van der Waals surface area contributed by atoms with Crippen LogP contribution >= 0.6 is 0 Å². The Morgan fingerprint density at radius 2 is 1.90 bits per heavy atom. The van der Waals surface area contributed by atoms with Crippen LogP contribution in [0.15, 0.2) is 34.5 Å². The van der Waals surface area contributed by atoms with Crippen molar-refractivity contribution in [1.82, 2.24) is 5.32 Å². The van der Waals surface area contributed by atoms with Gasteiger partial charge in [0, 0.05) is 12.0 Å². The number of rotatable bonds is 7. The minimum atomic E-state index is -4.61. The molecule has 0 saturated carbocycles. The van der Waals surface area contributed by atoms with Gasteiger partial charge < -0.3 is 19.5 Å². The highest BCUT2D eigenvalue weighted by atomic mass is 19.4. The maximum absolute atomic E-state index is 13.1. The SMILES string of the molecule is COC(=O)C(Cc1ccc(C2(C(F)(F)F)N=N2)cc1)NC(=O)CC1COCC(C)(C)O1. The van der Waals surface area contributed by atoms with Crippen molar-refractivity contribution >= 4 is 11.9 Å². The Labute approximate surface area is 177 Å². The van der Waals surface area contributed by atoms with E-state index in [1.54, 1.807) is 0 Å². The summed E-state index contributed by atoms with van der Waals surface area (Å²) in [7, 11) is 1.19. The van der Waals surface area contributed by atoms with Crippen molar-refractivity contribution < 1.29 is 37.0 Å². The van der Waals surface area contributed by atoms with E-state index in [0.717, 1.165) is 0 Å². The van der Waals surface area contributed by atoms with Crippen molar-refractivity contribution in [3.05, 3.63) is 35.4 Å². The molecule has 31 heavy (non-hydrogen) atoms. The van der Waals surface area contributed by atoms with Crippen LogP contribution in [0, 0.1) is 0 Å². The Bertz CT molecular complexity index is 849. The quantitative estimate of drug-likeness (QED) is 0.654. The van der Waals surface area contributed by atoms with Crippen molar-refractivity contribution in [2.45, 2.75) is 56.3 Å². The van der Waals surface area contributed by atoms with Gasteiger partial charge in [0.2, 0.25) is 5.91 Å². The Morgan fingerprint density at radius 1 is 1.26 bits per heavy atom. The number of carbonyl (C=O) groups excluding carboxylic acids is 2. The summed E-state index contributed by atoms with van der Waals surface area (Å²) in [4.78, 5) is 24.6. The first-order valence-corrected chi connectivity index (χ1v) is 9.69. The summed E-state index contributed by atoms with van der Waals surface area (Å²) < 4.78 is 55.3. The standard InChI is InChI=1S/C20H24F3N3O5/c1-18(2)11-30-10-14(31-18)9-16(27)24-15(17(28)29-3)8-12-4-6-13(7-5-12)19(25-26-19)20(21,22)23/h4-7,14-15H,8-11H2,1-3H3,(H,24,27). The van der Waals surface area contributed by atoms with E-state index in [1.165, 1.54) is 31.4 Å². The average Bonchev–Trinajstić information content (AvgIpc) is 3.48. The fraction of sp³-hybridized carbons (Fsp3) is 0.600. The lowest BCUT2D eigenvalue weighted by molar-refractivity contribution is -0.185. The monoisotopic (exact) mass is 443 g/mol. The third kappa shape index (κ3) is 5.40. The molecule has 11 heteroatoms. The maximum atomic E-state index is 13.1. The first-order chi connectivity index (χ1) is 14.5. The summed E-state index contributed by atoms with van der Waals surface area (Å²) in [5.74, 6) is -1.09. The van der Waals surface area contributed by atoms with Crippen molar-refractivity contribution in [3.63, 3.8) is 0 Å². The molecule has 8 nitrogen and oxygen atoms in total. The molecule has 0 aromatic heterocycles. The first kappa shape index (κ1) is 23.1. The van der Waals surface area contributed by atoms with E-state index >= 15 is 0 Å². The van der Waals surface area contributed by atoms with Gasteiger partial charge in [-0.25, -0.2) is 4.79 Å². The minimum Gasteiger partial charge on any atom is -0.467 e. The molecular formula is C20H24F3N3O5. The molecule has 2 aliphatic rings. The van der Waals surface area contributed by atoms with Gasteiger partial charge in [-0.15, -0.1) is 10.2 Å². The fourth-order valence-electron chi connectivity index (χ4n) is 3.40. The minimum absolute atomic E-state index is 0.00697. The highest BCUT2D eigenvalue weighted by Gasteiger charge is 2.65. The molecule has 170 valence electrons. The van der Waals surface area contributed by atoms with Gasteiger partial charge in [0.25, 0.3) is 0 Å². The van der Waals surface area contributed by atoms with Crippen molar-refractivity contribution in [1.29, 1.82) is 0 Å². The number of nitrogens with zero attached hydrogens (tertiary/aromatic N) is 2. The molecule has 2 atom stereocenters. The van der Waals surface area contributed by atoms with Gasteiger partial charge in [0.15, 0.2) is 0 Å². The molecule has 0 aliphatic carbocycles. The molecule has 3 rings (SSSR count). The van der Waals surface area contributed by atoms with Gasteiger partial charge >= 0.3 is 17.8 Å². The van der Waals surface area contributed by atoms with Crippen LogP contribution in [-0.4, -0.2) is 56.1 Å². The van der Waals surface area contributed by atoms with E-state index in [9.17, 15) is 22.8 Å². The number of halogens is 3. The van der Waals surface area contributed by atoms with Gasteiger partial charge in [-0.05, 0) is 19.4 Å². The van der Waals surface area contributed by atoms with Gasteiger partial charge in [-0.1, -0.05) is 24.3 Å². The number of esters is 1. The molecule has 0 radical (unpaired) electrons. The second-order valence-corrected chi connectivity index (χ2v) is 8.13. The van der Waals surface area contributed by atoms with E-state index in [2.05, 4.69) is 15.5 Å². The van der Waals surface area contributed by atoms with E-state index < -0.39 is 41.5 Å². The lowest BCUT2D eigenvalue weighted by Gasteiger charge is -2.35. The van der Waals surface area contributed by atoms with Crippen molar-refractivity contribution in [3.8, 4) is 0 Å². The van der Waals surface area contributed by atoms with Crippen LogP contribution in [0.2, 0.25) is 0 Å². The number of hydrogen-bond donors (Lipinski definition) is 1. The number of nitrogens with one attached hydrogen (secondary N) is 1. The molecule has 1 aromatic rings. The number of ether oxygens (including phenoxy) is 3. The highest BCUT2D eigenvalue weighted by molar-refractivity contribution is 5.84. The summed E-state index contributed by atoms with van der Waals surface area (Å²) in [6.45, 7) is 4.38. The maximum Gasteiger partial charge on any atom is 0.442 e. The van der Waals surface area contributed by atoms with Crippen LogP contribution in [0.4, 0.5) is 13.2 Å². The molecule has 2 aliphatic heterocycles. The second kappa shape index (κ2) is 8.54. The van der Waals surface area contributed by atoms with Gasteiger partial charge in [-0.3, -0.25) is 4.79 Å². The summed E-state index contributed by atoms with van der Waals surface area (Å²) in [5, 5.41) is 8.92. The molecule has 1 saturated heterocycles. The molecule has 0 spiro atoms. The Morgan fingerprint density at radius 3 is 2.42 bits per heavy atom.